The van der Waals surface area contributed by atoms with Gasteiger partial charge in [0.15, 0.2) is 0 Å². The number of thioether (sulfide) groups is 1. The predicted molar refractivity (Wildman–Crippen MR) is 67.2 cm³/mol. The molecule has 0 saturated heterocycles. The number of nitrogens with one attached hydrogen (secondary N) is 1. The second-order valence-electron chi connectivity index (χ2n) is 3.88. The van der Waals surface area contributed by atoms with Gasteiger partial charge in [-0.15, -0.1) is 0 Å². The number of amides is 1. The van der Waals surface area contributed by atoms with Crippen molar-refractivity contribution < 1.29 is 4.79 Å². The van der Waals surface area contributed by atoms with Gasteiger partial charge in [0.2, 0.25) is 5.91 Å². The Morgan fingerprint density at radius 2 is 2.38 bits per heavy atom. The van der Waals surface area contributed by atoms with Gasteiger partial charge >= 0.3 is 0 Å². The molecule has 0 bridgehead atoms. The summed E-state index contributed by atoms with van der Waals surface area (Å²) < 4.78 is 0. The van der Waals surface area contributed by atoms with Crippen LogP contribution in [-0.2, 0) is 4.79 Å². The summed E-state index contributed by atoms with van der Waals surface area (Å²) in [5, 5.41) is 3.55. The molecule has 0 radical (unpaired) electrons. The highest BCUT2D eigenvalue weighted by atomic mass is 32.2. The molecule has 4 nitrogen and oxygen atoms in total. The first-order valence-electron chi connectivity index (χ1n) is 5.19. The van der Waals surface area contributed by atoms with Crippen molar-refractivity contribution in [1.29, 1.82) is 0 Å². The summed E-state index contributed by atoms with van der Waals surface area (Å²) in [7, 11) is 0. The molecule has 3 N–H and O–H groups in total. The Morgan fingerprint density at radius 3 is 3.00 bits per heavy atom. The van der Waals surface area contributed by atoms with E-state index in [-0.39, 0.29) is 5.91 Å². The van der Waals surface area contributed by atoms with Gasteiger partial charge in [-0.3, -0.25) is 4.79 Å². The highest BCUT2D eigenvalue weighted by molar-refractivity contribution is 8.00. The lowest BCUT2D eigenvalue weighted by Gasteiger charge is -2.07. The van der Waals surface area contributed by atoms with Crippen molar-refractivity contribution >= 4 is 23.4 Å². The molecule has 0 aromatic carbocycles. The molecule has 0 unspecified atom stereocenters. The first kappa shape index (κ1) is 12.8. The summed E-state index contributed by atoms with van der Waals surface area (Å²) in [4.78, 5) is 15.5. The fourth-order valence-corrected chi connectivity index (χ4v) is 1.77. The molecule has 0 aliphatic heterocycles. The SMILES string of the molecule is CC(C)CNC(=O)CSc1ncccc1N. The minimum absolute atomic E-state index is 0.0174. The molecule has 88 valence electrons. The zero-order valence-corrected chi connectivity index (χ0v) is 10.4. The second kappa shape index (κ2) is 6.37. The van der Waals surface area contributed by atoms with Crippen molar-refractivity contribution in [1.82, 2.24) is 10.3 Å². The van der Waals surface area contributed by atoms with Crippen LogP contribution < -0.4 is 11.1 Å². The number of hydrogen-bond acceptors (Lipinski definition) is 4. The van der Waals surface area contributed by atoms with E-state index in [0.29, 0.717) is 28.9 Å². The van der Waals surface area contributed by atoms with Crippen LogP contribution in [0.1, 0.15) is 13.8 Å². The van der Waals surface area contributed by atoms with E-state index in [1.165, 1.54) is 11.8 Å². The average Bonchev–Trinajstić information content (AvgIpc) is 2.25. The quantitative estimate of drug-likeness (QED) is 0.765. The Bertz CT molecular complexity index is 355. The second-order valence-corrected chi connectivity index (χ2v) is 4.85. The average molecular weight is 239 g/mol. The van der Waals surface area contributed by atoms with Crippen LogP contribution in [0.25, 0.3) is 0 Å². The Kier molecular flexibility index (Phi) is 5.11. The van der Waals surface area contributed by atoms with Gasteiger partial charge in [-0.25, -0.2) is 4.98 Å². The van der Waals surface area contributed by atoms with Crippen molar-refractivity contribution in [2.24, 2.45) is 5.92 Å². The van der Waals surface area contributed by atoms with E-state index in [4.69, 9.17) is 5.73 Å². The fourth-order valence-electron chi connectivity index (χ4n) is 1.03. The van der Waals surface area contributed by atoms with Crippen LogP contribution in [0, 0.1) is 5.92 Å². The third-order valence-corrected chi connectivity index (χ3v) is 2.87. The zero-order valence-electron chi connectivity index (χ0n) is 9.56. The Hall–Kier alpha value is -1.23. The number of nitrogens with two attached hydrogens (primary N) is 1. The van der Waals surface area contributed by atoms with Gasteiger partial charge in [0.25, 0.3) is 0 Å². The lowest BCUT2D eigenvalue weighted by molar-refractivity contribution is -0.118. The Balaban J connectivity index is 2.35. The third kappa shape index (κ3) is 4.53. The minimum Gasteiger partial charge on any atom is -0.397 e. The first-order chi connectivity index (χ1) is 7.59. The molecule has 0 aliphatic rings. The van der Waals surface area contributed by atoms with E-state index in [2.05, 4.69) is 24.1 Å². The van der Waals surface area contributed by atoms with E-state index in [0.717, 1.165) is 0 Å². The van der Waals surface area contributed by atoms with Gasteiger partial charge < -0.3 is 11.1 Å². The molecule has 1 aromatic heterocycles. The first-order valence-corrected chi connectivity index (χ1v) is 6.18. The molecule has 1 heterocycles. The van der Waals surface area contributed by atoms with Crippen molar-refractivity contribution in [2.75, 3.05) is 18.0 Å². The van der Waals surface area contributed by atoms with Crippen LogP contribution in [0.3, 0.4) is 0 Å². The van der Waals surface area contributed by atoms with Crippen molar-refractivity contribution in [2.45, 2.75) is 18.9 Å². The lowest BCUT2D eigenvalue weighted by atomic mass is 10.2. The van der Waals surface area contributed by atoms with Gasteiger partial charge in [0.1, 0.15) is 5.03 Å². The smallest absolute Gasteiger partial charge is 0.230 e. The van der Waals surface area contributed by atoms with E-state index in [1.807, 2.05) is 0 Å². The summed E-state index contributed by atoms with van der Waals surface area (Å²) >= 11 is 1.36. The number of nitrogens with zero attached hydrogens (tertiary/aromatic N) is 1. The molecule has 0 saturated carbocycles. The number of carbonyl (C=O) groups excluding carboxylic acids is 1. The summed E-state index contributed by atoms with van der Waals surface area (Å²) in [5.74, 6) is 0.839. The Morgan fingerprint density at radius 1 is 1.62 bits per heavy atom. The Labute approximate surface area is 100 Å². The van der Waals surface area contributed by atoms with Gasteiger partial charge in [0, 0.05) is 12.7 Å². The standard InChI is InChI=1S/C11H17N3OS/c1-8(2)6-14-10(15)7-16-11-9(12)4-3-5-13-11/h3-5,8H,6-7,12H2,1-2H3,(H,14,15). The molecule has 1 rings (SSSR count). The predicted octanol–water partition coefficient (Wildman–Crippen LogP) is 1.53. The lowest BCUT2D eigenvalue weighted by Crippen LogP contribution is -2.28. The molecule has 16 heavy (non-hydrogen) atoms. The highest BCUT2D eigenvalue weighted by Crippen LogP contribution is 2.20. The summed E-state index contributed by atoms with van der Waals surface area (Å²) in [6.07, 6.45) is 1.67. The number of pyridine rings is 1. The van der Waals surface area contributed by atoms with E-state index >= 15 is 0 Å². The maximum atomic E-state index is 11.4. The largest absolute Gasteiger partial charge is 0.397 e. The van der Waals surface area contributed by atoms with Crippen molar-refractivity contribution in [3.05, 3.63) is 18.3 Å². The van der Waals surface area contributed by atoms with Gasteiger partial charge in [-0.1, -0.05) is 25.6 Å². The summed E-state index contributed by atoms with van der Waals surface area (Å²) in [5.41, 5.74) is 6.33. The topological polar surface area (TPSA) is 68.0 Å². The number of anilines is 1. The summed E-state index contributed by atoms with van der Waals surface area (Å²) in [6.45, 7) is 4.82. The van der Waals surface area contributed by atoms with E-state index in [1.54, 1.807) is 18.3 Å². The molecule has 1 aromatic rings. The van der Waals surface area contributed by atoms with Gasteiger partial charge in [-0.2, -0.15) is 0 Å². The molecule has 0 aliphatic carbocycles. The molecular formula is C11H17N3OS. The third-order valence-electron chi connectivity index (χ3n) is 1.85. The highest BCUT2D eigenvalue weighted by Gasteiger charge is 2.06. The normalized spacial score (nSPS) is 10.4. The van der Waals surface area contributed by atoms with Crippen molar-refractivity contribution in [3.63, 3.8) is 0 Å². The van der Waals surface area contributed by atoms with E-state index < -0.39 is 0 Å². The van der Waals surface area contributed by atoms with Crippen LogP contribution >= 0.6 is 11.8 Å². The van der Waals surface area contributed by atoms with Crippen LogP contribution in [-0.4, -0.2) is 23.2 Å². The van der Waals surface area contributed by atoms with Crippen molar-refractivity contribution in [3.8, 4) is 0 Å². The zero-order chi connectivity index (χ0) is 12.0. The molecule has 1 amide bonds. The van der Waals surface area contributed by atoms with Crippen LogP contribution in [0.4, 0.5) is 5.69 Å². The molecule has 5 heteroatoms. The maximum absolute atomic E-state index is 11.4. The number of nitrogen functional groups attached to an aromatic ring is 1. The van der Waals surface area contributed by atoms with Crippen LogP contribution in [0.15, 0.2) is 23.4 Å². The molecular weight excluding hydrogens is 222 g/mol. The van der Waals surface area contributed by atoms with Gasteiger partial charge in [0.05, 0.1) is 11.4 Å². The molecule has 0 spiro atoms. The fraction of sp³-hybridized carbons (Fsp3) is 0.455. The minimum atomic E-state index is 0.0174. The summed E-state index contributed by atoms with van der Waals surface area (Å²) in [6, 6.07) is 3.56. The van der Waals surface area contributed by atoms with E-state index in [9.17, 15) is 4.79 Å². The number of aromatic nitrogens is 1. The molecule has 0 atom stereocenters. The van der Waals surface area contributed by atoms with Crippen LogP contribution in [0.5, 0.6) is 0 Å². The number of hydrogen-bond donors (Lipinski definition) is 2. The van der Waals surface area contributed by atoms with Gasteiger partial charge in [-0.05, 0) is 18.1 Å². The maximum Gasteiger partial charge on any atom is 0.230 e. The monoisotopic (exact) mass is 239 g/mol. The molecule has 0 fully saturated rings. The number of carbonyl (C=O) groups is 1. The van der Waals surface area contributed by atoms with Crippen LogP contribution in [0.2, 0.25) is 0 Å². The number of rotatable bonds is 5.